The van der Waals surface area contributed by atoms with Gasteiger partial charge in [-0.15, -0.1) is 11.3 Å². The van der Waals surface area contributed by atoms with Crippen molar-refractivity contribution in [1.82, 2.24) is 10.2 Å². The summed E-state index contributed by atoms with van der Waals surface area (Å²) in [7, 11) is 0. The van der Waals surface area contributed by atoms with E-state index in [0.717, 1.165) is 36.2 Å². The number of halogens is 1. The lowest BCUT2D eigenvalue weighted by Gasteiger charge is -2.43. The maximum absolute atomic E-state index is 13.2. The molecule has 0 unspecified atom stereocenters. The van der Waals surface area contributed by atoms with E-state index in [1.807, 2.05) is 48.2 Å². The summed E-state index contributed by atoms with van der Waals surface area (Å²) >= 11 is 9.68. The van der Waals surface area contributed by atoms with Crippen molar-refractivity contribution in [1.29, 1.82) is 0 Å². The fraction of sp³-hybridized carbons (Fsp3) is 0.535. The van der Waals surface area contributed by atoms with Crippen molar-refractivity contribution in [2.45, 2.75) is 119 Å². The second-order valence-corrected chi connectivity index (χ2v) is 18.7. The molecule has 13 heteroatoms. The quantitative estimate of drug-likeness (QED) is 0.0679. The predicted molar refractivity (Wildman–Crippen MR) is 224 cm³/mol. The number of benzene rings is 2. The third kappa shape index (κ3) is 9.90. The Labute approximate surface area is 343 Å². The summed E-state index contributed by atoms with van der Waals surface area (Å²) in [5.41, 5.74) is -0.102. The van der Waals surface area contributed by atoms with Gasteiger partial charge in [0.2, 0.25) is 5.91 Å². The third-order valence-electron chi connectivity index (χ3n) is 11.4. The van der Waals surface area contributed by atoms with Gasteiger partial charge in [0.15, 0.2) is 0 Å². The lowest BCUT2D eigenvalue weighted by molar-refractivity contribution is -0.193. The van der Waals surface area contributed by atoms with Crippen molar-refractivity contribution >= 4 is 52.7 Å². The number of aliphatic hydroxyl groups is 5. The van der Waals surface area contributed by atoms with Crippen molar-refractivity contribution < 1.29 is 39.9 Å². The first-order valence-electron chi connectivity index (χ1n) is 19.5. The van der Waals surface area contributed by atoms with Crippen LogP contribution in [0, 0.1) is 17.8 Å². The van der Waals surface area contributed by atoms with Crippen LogP contribution < -0.4 is 5.32 Å². The van der Waals surface area contributed by atoms with Gasteiger partial charge in [-0.2, -0.15) is 0 Å². The Bertz CT molecular complexity index is 1880. The molecule has 3 heterocycles. The standard InChI is InChI=1S/C43H57ClN2O8S2/c1-8-35-43(7,53)40(50)27(5)46(23-24(2)22-42(6,52)39(49)25(3)37(48)26(4)41(51)54-35)19-11-18-45-36(47)17-15-29-21-32-30-12-9-10-13-33(30)56-34-20-28(44)14-16-31(34)38(32)55-29/h9-10,12-17,20-21,24-27,35,37,39-40,48-50,52-53H,8,11,18-19,22-23H2,1-7H3,(H,45,47)/b17-15+/t24-,25+,26-,27-,35-,37+,39-,40-,42-,43-/m1/s1. The number of carbonyl (C=O) groups excluding carboxylic acids is 2. The zero-order valence-corrected chi connectivity index (χ0v) is 35.6. The number of nitrogens with one attached hydrogen (secondary N) is 1. The summed E-state index contributed by atoms with van der Waals surface area (Å²) in [6, 6.07) is 15.7. The largest absolute Gasteiger partial charge is 0.459 e. The van der Waals surface area contributed by atoms with Gasteiger partial charge in [-0.1, -0.05) is 68.4 Å². The van der Waals surface area contributed by atoms with E-state index in [0.29, 0.717) is 31.1 Å². The molecule has 56 heavy (non-hydrogen) atoms. The van der Waals surface area contributed by atoms with Crippen molar-refractivity contribution in [2.75, 3.05) is 19.6 Å². The number of aliphatic hydroxyl groups excluding tert-OH is 3. The molecule has 10 nitrogen and oxygen atoms in total. The summed E-state index contributed by atoms with van der Waals surface area (Å²) in [5, 5.41) is 60.6. The molecule has 1 fully saturated rings. The molecule has 10 atom stereocenters. The SMILES string of the molecule is CC[C@H]1OC(=O)[C@H](C)[C@@H](O)[C@H](C)[C@@H](O)[C@](C)(O)C[C@@H](C)CN(CCCNC(=O)/C=C/c2cc3c(s2)-c2ccc(Cl)cc2Sc2ccccc2-3)[C@H](C)[C@@H](O)[C@]1(C)O. The Balaban J connectivity index is 1.29. The number of nitrogens with zero attached hydrogens (tertiary/aromatic N) is 1. The van der Waals surface area contributed by atoms with E-state index >= 15 is 0 Å². The lowest BCUT2D eigenvalue weighted by Crippen LogP contribution is -2.59. The van der Waals surface area contributed by atoms with Crippen LogP contribution in [0.5, 0.6) is 0 Å². The van der Waals surface area contributed by atoms with Crippen LogP contribution in [-0.2, 0) is 14.3 Å². The number of ether oxygens (including phenoxy) is 1. The molecular weight excluding hydrogens is 772 g/mol. The number of carbonyl (C=O) groups is 2. The van der Waals surface area contributed by atoms with Crippen LogP contribution in [0.3, 0.4) is 0 Å². The predicted octanol–water partition coefficient (Wildman–Crippen LogP) is 6.63. The number of esters is 1. The molecule has 1 saturated heterocycles. The van der Waals surface area contributed by atoms with Crippen LogP contribution in [0.15, 0.2) is 64.4 Å². The zero-order valence-electron chi connectivity index (χ0n) is 33.2. The normalized spacial score (nSPS) is 32.0. The molecule has 0 aliphatic carbocycles. The Morgan fingerprint density at radius 1 is 1.00 bits per heavy atom. The van der Waals surface area contributed by atoms with Gasteiger partial charge in [-0.05, 0) is 88.8 Å². The van der Waals surface area contributed by atoms with E-state index in [9.17, 15) is 35.1 Å². The molecular formula is C43H57ClN2O8S2. The number of cyclic esters (lactones) is 1. The Hall–Kier alpha value is -2.78. The van der Waals surface area contributed by atoms with Crippen molar-refractivity contribution in [3.05, 3.63) is 64.5 Å². The number of thiophene rings is 1. The topological polar surface area (TPSA) is 160 Å². The third-order valence-corrected chi connectivity index (χ3v) is 13.9. The van der Waals surface area contributed by atoms with Crippen LogP contribution in [0.25, 0.3) is 27.6 Å². The molecule has 0 saturated carbocycles. The van der Waals surface area contributed by atoms with Crippen LogP contribution >= 0.6 is 34.7 Å². The van der Waals surface area contributed by atoms with Crippen molar-refractivity contribution in [2.24, 2.45) is 17.8 Å². The highest BCUT2D eigenvalue weighted by Crippen LogP contribution is 2.51. The van der Waals surface area contributed by atoms with Gasteiger partial charge >= 0.3 is 5.97 Å². The number of hydrogen-bond donors (Lipinski definition) is 6. The summed E-state index contributed by atoms with van der Waals surface area (Å²) in [6.45, 7) is 12.6. The smallest absolute Gasteiger partial charge is 0.311 e. The second kappa shape index (κ2) is 18.4. The molecule has 5 rings (SSSR count). The summed E-state index contributed by atoms with van der Waals surface area (Å²) < 4.78 is 5.70. The van der Waals surface area contributed by atoms with E-state index in [-0.39, 0.29) is 24.7 Å². The average Bonchev–Trinajstić information content (AvgIpc) is 3.53. The Morgan fingerprint density at radius 3 is 2.43 bits per heavy atom. The van der Waals surface area contributed by atoms with Gasteiger partial charge in [0, 0.05) is 73.4 Å². The van der Waals surface area contributed by atoms with Gasteiger partial charge in [0.1, 0.15) is 17.8 Å². The zero-order chi connectivity index (χ0) is 41.1. The monoisotopic (exact) mass is 828 g/mol. The Morgan fingerprint density at radius 2 is 1.71 bits per heavy atom. The van der Waals surface area contributed by atoms with Gasteiger partial charge in [0.05, 0.1) is 23.7 Å². The van der Waals surface area contributed by atoms with Gasteiger partial charge in [0.25, 0.3) is 0 Å². The molecule has 6 N–H and O–H groups in total. The molecule has 0 bridgehead atoms. The maximum atomic E-state index is 13.2. The minimum Gasteiger partial charge on any atom is -0.459 e. The van der Waals surface area contributed by atoms with Crippen molar-refractivity contribution in [3.63, 3.8) is 0 Å². The molecule has 1 amide bonds. The highest BCUT2D eigenvalue weighted by Gasteiger charge is 2.47. The highest BCUT2D eigenvalue weighted by molar-refractivity contribution is 7.99. The first-order chi connectivity index (χ1) is 26.3. The van der Waals surface area contributed by atoms with Gasteiger partial charge < -0.3 is 35.6 Å². The molecule has 2 aromatic carbocycles. The van der Waals surface area contributed by atoms with Crippen molar-refractivity contribution in [3.8, 4) is 21.6 Å². The molecule has 0 radical (unpaired) electrons. The van der Waals surface area contributed by atoms with Gasteiger partial charge in [-0.25, -0.2) is 0 Å². The second-order valence-electron chi connectivity index (χ2n) is 16.1. The fourth-order valence-corrected chi connectivity index (χ4v) is 10.7. The molecule has 2 aliphatic rings. The first kappa shape index (κ1) is 44.3. The van der Waals surface area contributed by atoms with Crippen LogP contribution in [0.4, 0.5) is 0 Å². The van der Waals surface area contributed by atoms with E-state index < -0.39 is 59.5 Å². The van der Waals surface area contributed by atoms with E-state index in [4.69, 9.17) is 16.3 Å². The summed E-state index contributed by atoms with van der Waals surface area (Å²) in [6.07, 6.45) is -0.876. The minimum absolute atomic E-state index is 0.161. The molecule has 306 valence electrons. The number of fused-ring (bicyclic) bond motifs is 5. The Kier molecular flexibility index (Phi) is 14.6. The average molecular weight is 830 g/mol. The maximum Gasteiger partial charge on any atom is 0.311 e. The number of hydrogen-bond acceptors (Lipinski definition) is 11. The van der Waals surface area contributed by atoms with Crippen LogP contribution in [-0.4, -0.2) is 104 Å². The highest BCUT2D eigenvalue weighted by atomic mass is 35.5. The number of amides is 1. The lowest BCUT2D eigenvalue weighted by atomic mass is 9.78. The van der Waals surface area contributed by atoms with Crippen LogP contribution in [0.1, 0.15) is 72.6 Å². The molecule has 0 spiro atoms. The molecule has 2 aliphatic heterocycles. The number of rotatable bonds is 7. The first-order valence-corrected chi connectivity index (χ1v) is 21.5. The van der Waals surface area contributed by atoms with E-state index in [1.165, 1.54) is 26.8 Å². The van der Waals surface area contributed by atoms with E-state index in [1.54, 1.807) is 43.9 Å². The molecule has 3 aromatic rings. The van der Waals surface area contributed by atoms with Crippen LogP contribution in [0.2, 0.25) is 5.02 Å². The van der Waals surface area contributed by atoms with Gasteiger partial charge in [-0.3, -0.25) is 14.5 Å². The summed E-state index contributed by atoms with van der Waals surface area (Å²) in [5.74, 6) is -3.15. The minimum atomic E-state index is -1.85. The fourth-order valence-electron chi connectivity index (χ4n) is 8.11. The molecule has 1 aromatic heterocycles. The summed E-state index contributed by atoms with van der Waals surface area (Å²) in [4.78, 5) is 32.5. The van der Waals surface area contributed by atoms with E-state index in [2.05, 4.69) is 23.5 Å².